The molecule has 0 N–H and O–H groups in total. The molecule has 0 aliphatic rings. The highest BCUT2D eigenvalue weighted by atomic mass is 15.1. The topological polar surface area (TPSA) is 15.6 Å². The fraction of sp³-hybridized carbons (Fsp3) is 0. The summed E-state index contributed by atoms with van der Waals surface area (Å²) in [5, 5.41) is 7.60. The minimum absolute atomic E-state index is 0.991. The highest BCUT2D eigenvalue weighted by Crippen LogP contribution is 2.39. The summed E-state index contributed by atoms with van der Waals surface area (Å²) in [6, 6.07) is 49.1. The molecule has 0 fully saturated rings. The van der Waals surface area contributed by atoms with Gasteiger partial charge in [-0.05, 0) is 75.0 Å². The Kier molecular flexibility index (Phi) is 5.15. The van der Waals surface area contributed by atoms with Gasteiger partial charge in [0.15, 0.2) is 0 Å². The number of para-hydroxylation sites is 2. The highest BCUT2D eigenvalue weighted by molar-refractivity contribution is 6.25. The van der Waals surface area contributed by atoms with Gasteiger partial charge in [-0.3, -0.25) is 4.99 Å². The summed E-state index contributed by atoms with van der Waals surface area (Å²) in [4.78, 5) is 7.20. The summed E-state index contributed by atoms with van der Waals surface area (Å²) in [7, 11) is 0. The molecule has 7 aromatic carbocycles. The quantitative estimate of drug-likeness (QED) is 0.180. The maximum Gasteiger partial charge on any atom is 0.0708 e. The Morgan fingerprint density at radius 1 is 0.432 bits per heavy atom. The molecular formula is C35H24N2. The van der Waals surface area contributed by atoms with Gasteiger partial charge in [-0.15, -0.1) is 0 Å². The lowest BCUT2D eigenvalue weighted by atomic mass is 9.93. The Bertz CT molecular complexity index is 1800. The van der Waals surface area contributed by atoms with E-state index in [9.17, 15) is 0 Å². The van der Waals surface area contributed by atoms with Crippen molar-refractivity contribution < 1.29 is 0 Å². The monoisotopic (exact) mass is 472 g/mol. The van der Waals surface area contributed by atoms with Crippen LogP contribution in [0.2, 0.25) is 0 Å². The van der Waals surface area contributed by atoms with Crippen LogP contribution in [0.1, 0.15) is 5.56 Å². The third-order valence-electron chi connectivity index (χ3n) is 7.04. The lowest BCUT2D eigenvalue weighted by Gasteiger charge is -2.25. The molecule has 0 saturated heterocycles. The Morgan fingerprint density at radius 3 is 1.62 bits per heavy atom. The molecule has 0 saturated carbocycles. The molecule has 2 heteroatoms. The van der Waals surface area contributed by atoms with Crippen molar-refractivity contribution in [1.82, 2.24) is 0 Å². The van der Waals surface area contributed by atoms with Crippen LogP contribution in [-0.2, 0) is 0 Å². The van der Waals surface area contributed by atoms with E-state index in [0.29, 0.717) is 0 Å². The largest absolute Gasteiger partial charge is 0.311 e. The molecule has 7 aromatic rings. The third kappa shape index (κ3) is 3.80. The van der Waals surface area contributed by atoms with Gasteiger partial charge in [-0.25, -0.2) is 0 Å². The lowest BCUT2D eigenvalue weighted by Crippen LogP contribution is -2.09. The van der Waals surface area contributed by atoms with Gasteiger partial charge in [-0.1, -0.05) is 97.1 Å². The van der Waals surface area contributed by atoms with E-state index in [1.165, 1.54) is 32.3 Å². The van der Waals surface area contributed by atoms with Crippen LogP contribution in [0.5, 0.6) is 0 Å². The van der Waals surface area contributed by atoms with E-state index < -0.39 is 0 Å². The molecule has 0 aromatic heterocycles. The normalized spacial score (nSPS) is 11.7. The maximum absolute atomic E-state index is 4.93. The molecule has 0 heterocycles. The molecular weight excluding hydrogens is 448 g/mol. The summed E-state index contributed by atoms with van der Waals surface area (Å²) >= 11 is 0. The van der Waals surface area contributed by atoms with Crippen LogP contribution in [0.3, 0.4) is 0 Å². The summed E-state index contributed by atoms with van der Waals surface area (Å²) in [6.07, 6.45) is 1.96. The second kappa shape index (κ2) is 8.92. The van der Waals surface area contributed by atoms with Gasteiger partial charge in [0.25, 0.3) is 0 Å². The zero-order valence-corrected chi connectivity index (χ0v) is 20.3. The van der Waals surface area contributed by atoms with Gasteiger partial charge in [0.2, 0.25) is 0 Å². The molecule has 37 heavy (non-hydrogen) atoms. The van der Waals surface area contributed by atoms with Crippen LogP contribution >= 0.6 is 0 Å². The van der Waals surface area contributed by atoms with Crippen LogP contribution in [0, 0.1) is 0 Å². The number of hydrogen-bond donors (Lipinski definition) is 0. The van der Waals surface area contributed by atoms with Crippen molar-refractivity contribution in [3.05, 3.63) is 145 Å². The van der Waals surface area contributed by atoms with Crippen molar-refractivity contribution >= 4 is 61.3 Å². The van der Waals surface area contributed by atoms with Gasteiger partial charge in [-0.2, -0.15) is 0 Å². The van der Waals surface area contributed by atoms with Gasteiger partial charge in [0.1, 0.15) is 0 Å². The maximum atomic E-state index is 4.93. The summed E-state index contributed by atoms with van der Waals surface area (Å²) in [6.45, 7) is 0. The first-order valence-electron chi connectivity index (χ1n) is 12.6. The third-order valence-corrected chi connectivity index (χ3v) is 7.04. The fourth-order valence-electron chi connectivity index (χ4n) is 5.29. The Balaban J connectivity index is 1.25. The minimum atomic E-state index is 0.991. The molecule has 0 aliphatic heterocycles. The number of hydrogen-bond acceptors (Lipinski definition) is 2. The van der Waals surface area contributed by atoms with Gasteiger partial charge < -0.3 is 4.90 Å². The number of nitrogens with zero attached hydrogens (tertiary/aromatic N) is 2. The Labute approximate surface area is 216 Å². The molecule has 7 rings (SSSR count). The number of benzene rings is 7. The first kappa shape index (κ1) is 21.3. The van der Waals surface area contributed by atoms with Crippen LogP contribution in [0.25, 0.3) is 32.3 Å². The zero-order valence-electron chi connectivity index (χ0n) is 20.3. The molecule has 0 spiro atoms. The number of anilines is 3. The zero-order chi connectivity index (χ0) is 24.6. The minimum Gasteiger partial charge on any atom is -0.311 e. The molecule has 174 valence electrons. The van der Waals surface area contributed by atoms with Crippen LogP contribution in [0.15, 0.2) is 145 Å². The van der Waals surface area contributed by atoms with Crippen LogP contribution in [0.4, 0.5) is 22.7 Å². The van der Waals surface area contributed by atoms with E-state index in [4.69, 9.17) is 4.99 Å². The smallest absolute Gasteiger partial charge is 0.0708 e. The lowest BCUT2D eigenvalue weighted by molar-refractivity contribution is 1.28. The molecule has 0 atom stereocenters. The average Bonchev–Trinajstić information content (AvgIpc) is 2.97. The van der Waals surface area contributed by atoms with Gasteiger partial charge >= 0.3 is 0 Å². The summed E-state index contributed by atoms with van der Waals surface area (Å²) in [5.41, 5.74) is 5.42. The molecule has 0 aliphatic carbocycles. The van der Waals surface area contributed by atoms with Crippen molar-refractivity contribution in [3.8, 4) is 0 Å². The van der Waals surface area contributed by atoms with E-state index in [1.54, 1.807) is 0 Å². The second-order valence-corrected chi connectivity index (χ2v) is 9.30. The van der Waals surface area contributed by atoms with E-state index in [0.717, 1.165) is 28.3 Å². The van der Waals surface area contributed by atoms with Crippen molar-refractivity contribution in [2.45, 2.75) is 0 Å². The Morgan fingerprint density at radius 2 is 0.973 bits per heavy atom. The predicted octanol–water partition coefficient (Wildman–Crippen LogP) is 9.80. The van der Waals surface area contributed by atoms with E-state index in [2.05, 4.69) is 132 Å². The average molecular weight is 473 g/mol. The van der Waals surface area contributed by atoms with Crippen LogP contribution in [-0.4, -0.2) is 6.21 Å². The Hall–Kier alpha value is -4.95. The van der Waals surface area contributed by atoms with E-state index >= 15 is 0 Å². The molecule has 0 bridgehead atoms. The molecule has 0 amide bonds. The SMILES string of the molecule is C(=Nc1ccc2ccc3cccc4ccc1c2c34)c1ccc(N(c2ccccc2)c2ccccc2)cc1. The van der Waals surface area contributed by atoms with Gasteiger partial charge in [0.05, 0.1) is 5.69 Å². The summed E-state index contributed by atoms with van der Waals surface area (Å²) < 4.78 is 0. The van der Waals surface area contributed by atoms with Crippen molar-refractivity contribution in [1.29, 1.82) is 0 Å². The fourth-order valence-corrected chi connectivity index (χ4v) is 5.29. The predicted molar refractivity (Wildman–Crippen MR) is 159 cm³/mol. The first-order chi connectivity index (χ1) is 18.3. The molecule has 0 unspecified atom stereocenters. The summed E-state index contributed by atoms with van der Waals surface area (Å²) in [5.74, 6) is 0. The van der Waals surface area contributed by atoms with E-state index in [1.807, 2.05) is 18.3 Å². The van der Waals surface area contributed by atoms with Crippen molar-refractivity contribution in [3.63, 3.8) is 0 Å². The first-order valence-corrected chi connectivity index (χ1v) is 12.6. The van der Waals surface area contributed by atoms with E-state index in [-0.39, 0.29) is 0 Å². The second-order valence-electron chi connectivity index (χ2n) is 9.30. The van der Waals surface area contributed by atoms with Gasteiger partial charge in [0, 0.05) is 28.7 Å². The number of aliphatic imine (C=N–C) groups is 1. The molecule has 2 nitrogen and oxygen atoms in total. The van der Waals surface area contributed by atoms with Crippen LogP contribution < -0.4 is 4.90 Å². The highest BCUT2D eigenvalue weighted by Gasteiger charge is 2.12. The van der Waals surface area contributed by atoms with Crippen molar-refractivity contribution in [2.75, 3.05) is 4.90 Å². The number of rotatable bonds is 5. The standard InChI is InChI=1S/C35H24N2/c1-3-10-29(11-4-1)37(30-12-5-2-6-13-30)31-20-14-25(15-21-31)24-36-33-23-19-28-17-16-26-8-7-9-27-18-22-32(33)35(28)34(26)27/h1-24H. The van der Waals surface area contributed by atoms with Crippen molar-refractivity contribution in [2.24, 2.45) is 4.99 Å². The molecule has 0 radical (unpaired) electrons.